The molecule has 0 radical (unpaired) electrons. The second-order valence-corrected chi connectivity index (χ2v) is 4.16. The van der Waals surface area contributed by atoms with Gasteiger partial charge in [0.25, 0.3) is 0 Å². The van der Waals surface area contributed by atoms with Gasteiger partial charge in [0.15, 0.2) is 0 Å². The van der Waals surface area contributed by atoms with E-state index in [1.54, 1.807) is 0 Å². The van der Waals surface area contributed by atoms with Crippen LogP contribution in [0.4, 0.5) is 13.2 Å². The molecule has 1 unspecified atom stereocenters. The van der Waals surface area contributed by atoms with Crippen LogP contribution in [0.5, 0.6) is 5.75 Å². The van der Waals surface area contributed by atoms with Gasteiger partial charge in [-0.15, -0.1) is 0 Å². The third-order valence-electron chi connectivity index (χ3n) is 2.15. The van der Waals surface area contributed by atoms with Gasteiger partial charge >= 0.3 is 6.18 Å². The van der Waals surface area contributed by atoms with Crippen molar-refractivity contribution in [2.75, 3.05) is 0 Å². The molecule has 1 aromatic heterocycles. The van der Waals surface area contributed by atoms with E-state index < -0.39 is 18.6 Å². The van der Waals surface area contributed by atoms with Crippen molar-refractivity contribution in [1.82, 2.24) is 10.4 Å². The first-order valence-electron chi connectivity index (χ1n) is 5.46. The summed E-state index contributed by atoms with van der Waals surface area (Å²) in [6.07, 6.45) is -2.65. The molecule has 1 heterocycles. The Hall–Kier alpha value is -1.34. The van der Waals surface area contributed by atoms with Crippen molar-refractivity contribution in [3.63, 3.8) is 0 Å². The number of alkyl halides is 3. The molecule has 0 fully saturated rings. The van der Waals surface area contributed by atoms with Gasteiger partial charge in [-0.1, -0.05) is 0 Å². The topological polar surface area (TPSA) is 60.2 Å². The summed E-state index contributed by atoms with van der Waals surface area (Å²) in [6.45, 7) is 3.64. The largest absolute Gasteiger partial charge is 0.489 e. The lowest BCUT2D eigenvalue weighted by Crippen LogP contribution is -2.31. The van der Waals surface area contributed by atoms with E-state index in [2.05, 4.69) is 10.4 Å². The SMILES string of the molecule is CC(C)Oc1cncc(C(CC(F)(F)F)NN)c1. The summed E-state index contributed by atoms with van der Waals surface area (Å²) in [4.78, 5) is 3.85. The Bertz CT molecular complexity index is 382. The van der Waals surface area contributed by atoms with Gasteiger partial charge in [-0.3, -0.25) is 16.3 Å². The summed E-state index contributed by atoms with van der Waals surface area (Å²) >= 11 is 0. The molecule has 0 aliphatic heterocycles. The number of pyridine rings is 1. The monoisotopic (exact) mass is 263 g/mol. The number of hydrazine groups is 1. The zero-order valence-corrected chi connectivity index (χ0v) is 10.2. The van der Waals surface area contributed by atoms with Gasteiger partial charge in [-0.05, 0) is 25.5 Å². The second-order valence-electron chi connectivity index (χ2n) is 4.16. The van der Waals surface area contributed by atoms with Crippen LogP contribution in [0.2, 0.25) is 0 Å². The van der Waals surface area contributed by atoms with E-state index in [1.165, 1.54) is 18.5 Å². The number of rotatable bonds is 5. The maximum atomic E-state index is 12.3. The fourth-order valence-electron chi connectivity index (χ4n) is 1.47. The van der Waals surface area contributed by atoms with Crippen molar-refractivity contribution in [3.05, 3.63) is 24.0 Å². The molecule has 18 heavy (non-hydrogen) atoms. The number of halogens is 3. The van der Waals surface area contributed by atoms with Crippen LogP contribution in [-0.2, 0) is 0 Å². The molecular formula is C11H16F3N3O. The summed E-state index contributed by atoms with van der Waals surface area (Å²) in [7, 11) is 0. The molecule has 4 nitrogen and oxygen atoms in total. The second kappa shape index (κ2) is 6.01. The van der Waals surface area contributed by atoms with Crippen molar-refractivity contribution in [3.8, 4) is 5.75 Å². The molecule has 1 aromatic rings. The van der Waals surface area contributed by atoms with E-state index in [4.69, 9.17) is 10.6 Å². The zero-order chi connectivity index (χ0) is 13.8. The van der Waals surface area contributed by atoms with Crippen molar-refractivity contribution in [1.29, 1.82) is 0 Å². The first-order chi connectivity index (χ1) is 8.31. The Kier molecular flexibility index (Phi) is 4.92. The van der Waals surface area contributed by atoms with E-state index >= 15 is 0 Å². The zero-order valence-electron chi connectivity index (χ0n) is 10.2. The van der Waals surface area contributed by atoms with Crippen molar-refractivity contribution < 1.29 is 17.9 Å². The quantitative estimate of drug-likeness (QED) is 0.632. The third kappa shape index (κ3) is 4.89. The minimum absolute atomic E-state index is 0.0750. The van der Waals surface area contributed by atoms with Crippen LogP contribution in [0.1, 0.15) is 31.9 Å². The highest BCUT2D eigenvalue weighted by molar-refractivity contribution is 5.26. The Balaban J connectivity index is 2.86. The van der Waals surface area contributed by atoms with Crippen LogP contribution < -0.4 is 16.0 Å². The minimum atomic E-state index is -4.30. The molecule has 0 aliphatic carbocycles. The molecule has 0 aromatic carbocycles. The number of nitrogens with zero attached hydrogens (tertiary/aromatic N) is 1. The van der Waals surface area contributed by atoms with E-state index in [9.17, 15) is 13.2 Å². The Labute approximate surface area is 103 Å². The van der Waals surface area contributed by atoms with E-state index in [0.717, 1.165) is 0 Å². The van der Waals surface area contributed by atoms with Crippen molar-refractivity contribution in [2.45, 2.75) is 38.6 Å². The summed E-state index contributed by atoms with van der Waals surface area (Å²) < 4.78 is 42.4. The van der Waals surface area contributed by atoms with Gasteiger partial charge in [0, 0.05) is 6.20 Å². The van der Waals surface area contributed by atoms with Crippen LogP contribution in [0, 0.1) is 0 Å². The number of nitrogens with one attached hydrogen (secondary N) is 1. The first-order valence-corrected chi connectivity index (χ1v) is 5.46. The van der Waals surface area contributed by atoms with Crippen LogP contribution in [0.15, 0.2) is 18.5 Å². The number of aromatic nitrogens is 1. The molecule has 102 valence electrons. The van der Waals surface area contributed by atoms with Gasteiger partial charge in [0.1, 0.15) is 5.75 Å². The van der Waals surface area contributed by atoms with Crippen molar-refractivity contribution in [2.24, 2.45) is 5.84 Å². The molecule has 7 heteroatoms. The molecule has 0 bridgehead atoms. The average molecular weight is 263 g/mol. The fraction of sp³-hybridized carbons (Fsp3) is 0.545. The maximum absolute atomic E-state index is 12.3. The minimum Gasteiger partial charge on any atom is -0.489 e. The van der Waals surface area contributed by atoms with Crippen LogP contribution >= 0.6 is 0 Å². The normalized spacial score (nSPS) is 13.7. The molecule has 3 N–H and O–H groups in total. The lowest BCUT2D eigenvalue weighted by Gasteiger charge is -2.19. The van der Waals surface area contributed by atoms with Crippen LogP contribution in [0.3, 0.4) is 0 Å². The van der Waals surface area contributed by atoms with E-state index in [-0.39, 0.29) is 6.10 Å². The van der Waals surface area contributed by atoms with Gasteiger partial charge < -0.3 is 4.74 Å². The lowest BCUT2D eigenvalue weighted by atomic mass is 10.1. The number of ether oxygens (including phenoxy) is 1. The molecule has 0 aliphatic rings. The highest BCUT2D eigenvalue weighted by Crippen LogP contribution is 2.29. The van der Waals surface area contributed by atoms with E-state index in [0.29, 0.717) is 11.3 Å². The smallest absolute Gasteiger partial charge is 0.390 e. The Morgan fingerprint density at radius 3 is 2.56 bits per heavy atom. The molecule has 0 saturated heterocycles. The maximum Gasteiger partial charge on any atom is 0.390 e. The van der Waals surface area contributed by atoms with Crippen molar-refractivity contribution >= 4 is 0 Å². The standard InChI is InChI=1S/C11H16F3N3O/c1-7(2)18-9-3-8(5-16-6-9)10(17-15)4-11(12,13)14/h3,5-7,10,17H,4,15H2,1-2H3. The van der Waals surface area contributed by atoms with Crippen LogP contribution in [-0.4, -0.2) is 17.3 Å². The van der Waals surface area contributed by atoms with E-state index in [1.807, 2.05) is 13.8 Å². The number of nitrogens with two attached hydrogens (primary N) is 1. The summed E-state index contributed by atoms with van der Waals surface area (Å²) in [5.74, 6) is 5.57. The molecule has 1 atom stereocenters. The molecule has 1 rings (SSSR count). The Morgan fingerprint density at radius 1 is 1.39 bits per heavy atom. The predicted molar refractivity (Wildman–Crippen MR) is 60.7 cm³/mol. The average Bonchev–Trinajstić information content (AvgIpc) is 2.24. The summed E-state index contributed by atoms with van der Waals surface area (Å²) in [5.41, 5.74) is 2.48. The molecule has 0 spiro atoms. The number of hydrogen-bond donors (Lipinski definition) is 2. The number of hydrogen-bond acceptors (Lipinski definition) is 4. The Morgan fingerprint density at radius 2 is 2.06 bits per heavy atom. The summed E-state index contributed by atoms with van der Waals surface area (Å²) in [6, 6.07) is 0.469. The van der Waals surface area contributed by atoms with Crippen LogP contribution in [0.25, 0.3) is 0 Å². The first kappa shape index (κ1) is 14.7. The lowest BCUT2D eigenvalue weighted by molar-refractivity contribution is -0.140. The summed E-state index contributed by atoms with van der Waals surface area (Å²) in [5, 5.41) is 0. The predicted octanol–water partition coefficient (Wildman–Crippen LogP) is 2.33. The highest BCUT2D eigenvalue weighted by Gasteiger charge is 2.32. The van der Waals surface area contributed by atoms with Gasteiger partial charge in [-0.25, -0.2) is 0 Å². The molecule has 0 amide bonds. The third-order valence-corrected chi connectivity index (χ3v) is 2.15. The van der Waals surface area contributed by atoms with Gasteiger partial charge in [0.2, 0.25) is 0 Å². The fourth-order valence-corrected chi connectivity index (χ4v) is 1.47. The molecule has 0 saturated carbocycles. The highest BCUT2D eigenvalue weighted by atomic mass is 19.4. The van der Waals surface area contributed by atoms with Gasteiger partial charge in [-0.2, -0.15) is 13.2 Å². The molecular weight excluding hydrogens is 247 g/mol. The van der Waals surface area contributed by atoms with Gasteiger partial charge in [0.05, 0.1) is 24.8 Å².